The molecule has 2 saturated heterocycles. The van der Waals surface area contributed by atoms with Gasteiger partial charge in [0, 0.05) is 18.7 Å². The highest BCUT2D eigenvalue weighted by Gasteiger charge is 2.26. The fourth-order valence-corrected chi connectivity index (χ4v) is 2.09. The first-order chi connectivity index (χ1) is 5.86. The predicted octanol–water partition coefficient (Wildman–Crippen LogP) is 0.198. The summed E-state index contributed by atoms with van der Waals surface area (Å²) in [6.07, 6.45) is 3.54. The van der Waals surface area contributed by atoms with Crippen molar-refractivity contribution in [1.82, 2.24) is 4.90 Å². The number of ether oxygens (including phenoxy) is 1. The highest BCUT2D eigenvalue weighted by atomic mass is 16.5. The van der Waals surface area contributed by atoms with Crippen molar-refractivity contribution >= 4 is 0 Å². The first kappa shape index (κ1) is 8.48. The Labute approximate surface area is 73.9 Å². The first-order valence-electron chi connectivity index (χ1n) is 4.93. The quantitative estimate of drug-likeness (QED) is 0.611. The molecule has 2 heterocycles. The summed E-state index contributed by atoms with van der Waals surface area (Å²) in [4.78, 5) is 2.54. The molecule has 0 saturated carbocycles. The zero-order valence-corrected chi connectivity index (χ0v) is 7.54. The van der Waals surface area contributed by atoms with Crippen molar-refractivity contribution in [3.05, 3.63) is 0 Å². The van der Waals surface area contributed by atoms with Crippen LogP contribution < -0.4 is 5.73 Å². The Morgan fingerprint density at radius 3 is 2.50 bits per heavy atom. The monoisotopic (exact) mass is 170 g/mol. The molecule has 2 aliphatic rings. The lowest BCUT2D eigenvalue weighted by atomic mass is 10.0. The standard InChI is InChI=1S/C9H18N2O/c10-8-1-4-11(5-2-8)9-3-6-12-7-9/h8-9H,1-7,10H2/t9-/m1/s1. The third-order valence-corrected chi connectivity index (χ3v) is 3.00. The van der Waals surface area contributed by atoms with Crippen LogP contribution in [0.1, 0.15) is 19.3 Å². The number of piperidine rings is 1. The van der Waals surface area contributed by atoms with Gasteiger partial charge in [0.05, 0.1) is 6.61 Å². The summed E-state index contributed by atoms with van der Waals surface area (Å²) in [6.45, 7) is 4.24. The Morgan fingerprint density at radius 2 is 1.92 bits per heavy atom. The lowest BCUT2D eigenvalue weighted by Gasteiger charge is -2.33. The maximum atomic E-state index is 5.84. The molecule has 2 aliphatic heterocycles. The average Bonchev–Trinajstić information content (AvgIpc) is 2.58. The molecule has 0 radical (unpaired) electrons. The van der Waals surface area contributed by atoms with Gasteiger partial charge in [0.25, 0.3) is 0 Å². The van der Waals surface area contributed by atoms with Crippen molar-refractivity contribution in [2.24, 2.45) is 5.73 Å². The molecule has 0 aliphatic carbocycles. The molecular formula is C9H18N2O. The summed E-state index contributed by atoms with van der Waals surface area (Å²) in [5.74, 6) is 0. The zero-order chi connectivity index (χ0) is 8.39. The molecule has 70 valence electrons. The van der Waals surface area contributed by atoms with Crippen LogP contribution in [-0.4, -0.2) is 43.3 Å². The van der Waals surface area contributed by atoms with E-state index in [0.717, 1.165) is 26.1 Å². The average molecular weight is 170 g/mol. The normalized spacial score (nSPS) is 34.2. The SMILES string of the molecule is NC1CCN([C@@H]2CCOC2)CC1. The summed E-state index contributed by atoms with van der Waals surface area (Å²) in [5, 5.41) is 0. The van der Waals surface area contributed by atoms with Crippen molar-refractivity contribution < 1.29 is 4.74 Å². The van der Waals surface area contributed by atoms with Gasteiger partial charge in [-0.05, 0) is 32.4 Å². The van der Waals surface area contributed by atoms with Crippen molar-refractivity contribution in [3.8, 4) is 0 Å². The lowest BCUT2D eigenvalue weighted by Crippen LogP contribution is -2.45. The second-order valence-electron chi connectivity index (χ2n) is 3.89. The van der Waals surface area contributed by atoms with E-state index < -0.39 is 0 Å². The molecule has 2 fully saturated rings. The molecule has 2 rings (SSSR count). The second-order valence-corrected chi connectivity index (χ2v) is 3.89. The van der Waals surface area contributed by atoms with E-state index in [1.165, 1.54) is 19.5 Å². The van der Waals surface area contributed by atoms with Crippen LogP contribution in [-0.2, 0) is 4.74 Å². The van der Waals surface area contributed by atoms with E-state index in [1.807, 2.05) is 0 Å². The van der Waals surface area contributed by atoms with Gasteiger partial charge in [0.1, 0.15) is 0 Å². The van der Waals surface area contributed by atoms with E-state index in [-0.39, 0.29) is 0 Å². The number of hydrogen-bond acceptors (Lipinski definition) is 3. The molecule has 0 aromatic carbocycles. The highest BCUT2D eigenvalue weighted by molar-refractivity contribution is 4.81. The van der Waals surface area contributed by atoms with E-state index in [4.69, 9.17) is 10.5 Å². The van der Waals surface area contributed by atoms with Crippen molar-refractivity contribution in [2.75, 3.05) is 26.3 Å². The van der Waals surface area contributed by atoms with Crippen LogP contribution in [0.4, 0.5) is 0 Å². The van der Waals surface area contributed by atoms with Crippen LogP contribution in [0.2, 0.25) is 0 Å². The molecule has 3 heteroatoms. The topological polar surface area (TPSA) is 38.5 Å². The van der Waals surface area contributed by atoms with Crippen LogP contribution in [0, 0.1) is 0 Å². The third-order valence-electron chi connectivity index (χ3n) is 3.00. The fraction of sp³-hybridized carbons (Fsp3) is 1.00. The summed E-state index contributed by atoms with van der Waals surface area (Å²) in [6, 6.07) is 1.14. The minimum atomic E-state index is 0.448. The van der Waals surface area contributed by atoms with Crippen molar-refractivity contribution in [2.45, 2.75) is 31.3 Å². The summed E-state index contributed by atoms with van der Waals surface area (Å²) in [5.41, 5.74) is 5.84. The predicted molar refractivity (Wildman–Crippen MR) is 48.0 cm³/mol. The molecule has 0 amide bonds. The number of nitrogens with two attached hydrogens (primary N) is 1. The Balaban J connectivity index is 1.80. The summed E-state index contributed by atoms with van der Waals surface area (Å²) >= 11 is 0. The van der Waals surface area contributed by atoms with E-state index >= 15 is 0 Å². The fourth-order valence-electron chi connectivity index (χ4n) is 2.09. The molecule has 0 aromatic rings. The van der Waals surface area contributed by atoms with Crippen LogP contribution >= 0.6 is 0 Å². The first-order valence-corrected chi connectivity index (χ1v) is 4.93. The number of likely N-dealkylation sites (tertiary alicyclic amines) is 1. The van der Waals surface area contributed by atoms with Crippen molar-refractivity contribution in [3.63, 3.8) is 0 Å². The third kappa shape index (κ3) is 1.79. The minimum Gasteiger partial charge on any atom is -0.380 e. The van der Waals surface area contributed by atoms with E-state index in [2.05, 4.69) is 4.90 Å². The Hall–Kier alpha value is -0.120. The van der Waals surface area contributed by atoms with Crippen LogP contribution in [0.3, 0.4) is 0 Å². The molecule has 0 spiro atoms. The number of rotatable bonds is 1. The molecule has 0 unspecified atom stereocenters. The van der Waals surface area contributed by atoms with E-state index in [1.54, 1.807) is 0 Å². The van der Waals surface area contributed by atoms with Crippen LogP contribution in [0.25, 0.3) is 0 Å². The van der Waals surface area contributed by atoms with Gasteiger partial charge in [-0.15, -0.1) is 0 Å². The number of hydrogen-bond donors (Lipinski definition) is 1. The van der Waals surface area contributed by atoms with Crippen molar-refractivity contribution in [1.29, 1.82) is 0 Å². The van der Waals surface area contributed by atoms with Gasteiger partial charge in [-0.2, -0.15) is 0 Å². The molecule has 2 N–H and O–H groups in total. The summed E-state index contributed by atoms with van der Waals surface area (Å²) < 4.78 is 5.36. The van der Waals surface area contributed by atoms with E-state index in [0.29, 0.717) is 12.1 Å². The second kappa shape index (κ2) is 3.73. The summed E-state index contributed by atoms with van der Waals surface area (Å²) in [7, 11) is 0. The Kier molecular flexibility index (Phi) is 2.63. The molecule has 12 heavy (non-hydrogen) atoms. The zero-order valence-electron chi connectivity index (χ0n) is 7.54. The van der Waals surface area contributed by atoms with Crippen LogP contribution in [0.15, 0.2) is 0 Å². The molecule has 1 atom stereocenters. The van der Waals surface area contributed by atoms with Crippen LogP contribution in [0.5, 0.6) is 0 Å². The van der Waals surface area contributed by atoms with Gasteiger partial charge in [0.2, 0.25) is 0 Å². The largest absolute Gasteiger partial charge is 0.380 e. The Bertz CT molecular complexity index is 137. The van der Waals surface area contributed by atoms with E-state index in [9.17, 15) is 0 Å². The Morgan fingerprint density at radius 1 is 1.17 bits per heavy atom. The highest BCUT2D eigenvalue weighted by Crippen LogP contribution is 2.17. The smallest absolute Gasteiger partial charge is 0.0622 e. The van der Waals surface area contributed by atoms with Gasteiger partial charge in [0.15, 0.2) is 0 Å². The number of nitrogens with zero attached hydrogens (tertiary/aromatic N) is 1. The van der Waals surface area contributed by atoms with Gasteiger partial charge in [-0.1, -0.05) is 0 Å². The van der Waals surface area contributed by atoms with Gasteiger partial charge in [-0.3, -0.25) is 4.90 Å². The van der Waals surface area contributed by atoms with Gasteiger partial charge < -0.3 is 10.5 Å². The van der Waals surface area contributed by atoms with Gasteiger partial charge in [-0.25, -0.2) is 0 Å². The molecular weight excluding hydrogens is 152 g/mol. The molecule has 3 nitrogen and oxygen atoms in total. The molecule has 0 bridgehead atoms. The minimum absolute atomic E-state index is 0.448. The molecule has 0 aromatic heterocycles. The maximum absolute atomic E-state index is 5.84. The van der Waals surface area contributed by atoms with Gasteiger partial charge >= 0.3 is 0 Å². The lowest BCUT2D eigenvalue weighted by molar-refractivity contribution is 0.122. The maximum Gasteiger partial charge on any atom is 0.0622 e.